The Morgan fingerprint density at radius 2 is 1.86 bits per heavy atom. The second kappa shape index (κ2) is 6.53. The summed E-state index contributed by atoms with van der Waals surface area (Å²) < 4.78 is 2.32. The van der Waals surface area contributed by atoms with Crippen LogP contribution in [-0.4, -0.2) is 22.4 Å². The van der Waals surface area contributed by atoms with Gasteiger partial charge in [0.25, 0.3) is 0 Å². The summed E-state index contributed by atoms with van der Waals surface area (Å²) in [6.07, 6.45) is 15.7. The summed E-state index contributed by atoms with van der Waals surface area (Å²) in [6, 6.07) is 6.30. The van der Waals surface area contributed by atoms with Gasteiger partial charge < -0.3 is 10.2 Å². The van der Waals surface area contributed by atoms with Crippen LogP contribution in [-0.2, 0) is 0 Å². The van der Waals surface area contributed by atoms with Crippen molar-refractivity contribution in [2.75, 3.05) is 0 Å². The molecule has 1 aromatic heterocycles. The molecule has 0 saturated heterocycles. The molecule has 0 aromatic carbocycles. The number of allylic oxidation sites excluding steroid dienone is 2. The van der Waals surface area contributed by atoms with Crippen LogP contribution in [0.4, 0.5) is 0 Å². The predicted octanol–water partition coefficient (Wildman–Crippen LogP) is 4.11. The van der Waals surface area contributed by atoms with Crippen molar-refractivity contribution in [2.24, 2.45) is 28.6 Å². The van der Waals surface area contributed by atoms with E-state index in [0.29, 0.717) is 17.8 Å². The van der Waals surface area contributed by atoms with Crippen LogP contribution in [0.15, 0.2) is 48.3 Å². The van der Waals surface area contributed by atoms with Crippen molar-refractivity contribution in [3.63, 3.8) is 0 Å². The Morgan fingerprint density at radius 1 is 1.07 bits per heavy atom. The number of fused-ring (bicyclic) bond motifs is 5. The summed E-state index contributed by atoms with van der Waals surface area (Å²) in [4.78, 5) is 0. The van der Waals surface area contributed by atoms with E-state index in [2.05, 4.69) is 61.2 Å². The van der Waals surface area contributed by atoms with E-state index in [1.807, 2.05) is 0 Å². The molecule has 150 valence electrons. The lowest BCUT2D eigenvalue weighted by atomic mass is 9.46. The first kappa shape index (κ1) is 18.6. The van der Waals surface area contributed by atoms with E-state index in [1.54, 1.807) is 0 Å². The van der Waals surface area contributed by atoms with Crippen molar-refractivity contribution < 1.29 is 14.8 Å². The van der Waals surface area contributed by atoms with Crippen molar-refractivity contribution in [2.45, 2.75) is 71.0 Å². The van der Waals surface area contributed by atoms with E-state index < -0.39 is 0 Å². The van der Waals surface area contributed by atoms with E-state index in [4.69, 9.17) is 0 Å². The second-order valence-corrected chi connectivity index (χ2v) is 9.94. The maximum Gasteiger partial charge on any atom is 0.189 e. The lowest BCUT2D eigenvalue weighted by Gasteiger charge is -2.58. The summed E-state index contributed by atoms with van der Waals surface area (Å²) in [5.41, 5.74) is 3.10. The molecular weight excluding hydrogens is 346 g/mol. The summed E-state index contributed by atoms with van der Waals surface area (Å²) in [5.74, 6) is 1.37. The Bertz CT molecular complexity index is 815. The fraction of sp³-hybridized carbons (Fsp3) is 0.640. The fourth-order valence-corrected chi connectivity index (χ4v) is 7.56. The molecule has 7 unspecified atom stereocenters. The average molecular weight is 381 g/mol. The highest BCUT2D eigenvalue weighted by Gasteiger charge is 2.62. The minimum absolute atomic E-state index is 0.158. The van der Waals surface area contributed by atoms with Gasteiger partial charge in [0.1, 0.15) is 0 Å². The first-order valence-electron chi connectivity index (χ1n) is 11.2. The molecule has 2 saturated carbocycles. The van der Waals surface area contributed by atoms with Crippen LogP contribution in [0.2, 0.25) is 0 Å². The number of aliphatic hydroxyl groups excluding tert-OH is 2. The van der Waals surface area contributed by atoms with E-state index in [1.165, 1.54) is 24.1 Å². The molecule has 2 fully saturated rings. The molecule has 0 spiro atoms. The van der Waals surface area contributed by atoms with Crippen LogP contribution in [0.3, 0.4) is 0 Å². The Balaban J connectivity index is 1.54. The summed E-state index contributed by atoms with van der Waals surface area (Å²) in [7, 11) is 0. The van der Waals surface area contributed by atoms with Gasteiger partial charge in [-0.3, -0.25) is 0 Å². The fourth-order valence-electron chi connectivity index (χ4n) is 7.56. The SMILES string of the molecule is CCC12CCC3C(C(O)C=C4CC(O)CCC43C)C1CC=C2[n+]1ccccc1. The number of aliphatic hydroxyl groups is 2. The molecule has 28 heavy (non-hydrogen) atoms. The summed E-state index contributed by atoms with van der Waals surface area (Å²) in [6.45, 7) is 4.76. The Kier molecular flexibility index (Phi) is 4.33. The molecule has 0 amide bonds. The second-order valence-electron chi connectivity index (χ2n) is 9.94. The van der Waals surface area contributed by atoms with Gasteiger partial charge in [-0.15, -0.1) is 0 Å². The van der Waals surface area contributed by atoms with Gasteiger partial charge in [0, 0.05) is 12.1 Å². The molecular formula is C25H34NO2+. The van der Waals surface area contributed by atoms with Crippen LogP contribution in [0.25, 0.3) is 5.70 Å². The number of aromatic nitrogens is 1. The zero-order valence-electron chi connectivity index (χ0n) is 17.2. The third kappa shape index (κ3) is 2.45. The van der Waals surface area contributed by atoms with E-state index in [0.717, 1.165) is 32.1 Å². The molecule has 3 heteroatoms. The highest BCUT2D eigenvalue weighted by Crippen LogP contribution is 2.66. The summed E-state index contributed by atoms with van der Waals surface area (Å²) >= 11 is 0. The van der Waals surface area contributed by atoms with Gasteiger partial charge >= 0.3 is 0 Å². The number of hydrogen-bond donors (Lipinski definition) is 2. The molecule has 0 radical (unpaired) electrons. The number of hydrogen-bond acceptors (Lipinski definition) is 2. The zero-order chi connectivity index (χ0) is 19.5. The minimum Gasteiger partial charge on any atom is -0.393 e. The van der Waals surface area contributed by atoms with Crippen molar-refractivity contribution >= 4 is 5.70 Å². The normalized spacial score (nSPS) is 44.8. The van der Waals surface area contributed by atoms with E-state index in [-0.39, 0.29) is 23.0 Å². The molecule has 7 atom stereocenters. The monoisotopic (exact) mass is 380 g/mol. The average Bonchev–Trinajstić information content (AvgIpc) is 3.10. The molecule has 5 rings (SSSR count). The van der Waals surface area contributed by atoms with Gasteiger partial charge in [-0.25, -0.2) is 0 Å². The van der Waals surface area contributed by atoms with Crippen LogP contribution < -0.4 is 4.57 Å². The van der Waals surface area contributed by atoms with Gasteiger partial charge in [0.2, 0.25) is 0 Å². The van der Waals surface area contributed by atoms with Crippen molar-refractivity contribution in [3.8, 4) is 0 Å². The van der Waals surface area contributed by atoms with E-state index >= 15 is 0 Å². The number of rotatable bonds is 2. The molecule has 3 nitrogen and oxygen atoms in total. The molecule has 1 aromatic rings. The number of pyridine rings is 1. The van der Waals surface area contributed by atoms with Gasteiger partial charge in [0.05, 0.1) is 17.6 Å². The molecule has 4 aliphatic carbocycles. The van der Waals surface area contributed by atoms with Crippen molar-refractivity contribution in [1.82, 2.24) is 0 Å². The lowest BCUT2D eigenvalue weighted by Crippen LogP contribution is -2.56. The topological polar surface area (TPSA) is 44.3 Å². The maximum absolute atomic E-state index is 11.3. The van der Waals surface area contributed by atoms with Gasteiger partial charge in [-0.1, -0.05) is 31.6 Å². The van der Waals surface area contributed by atoms with Gasteiger partial charge in [-0.05, 0) is 74.2 Å². The molecule has 0 bridgehead atoms. The smallest absolute Gasteiger partial charge is 0.189 e. The Labute approximate surface area is 168 Å². The zero-order valence-corrected chi connectivity index (χ0v) is 17.2. The molecule has 1 heterocycles. The first-order chi connectivity index (χ1) is 13.5. The Morgan fingerprint density at radius 3 is 2.61 bits per heavy atom. The van der Waals surface area contributed by atoms with Crippen LogP contribution in [0, 0.1) is 28.6 Å². The Hall–Kier alpha value is -1.45. The van der Waals surface area contributed by atoms with Crippen molar-refractivity contribution in [1.29, 1.82) is 0 Å². The first-order valence-corrected chi connectivity index (χ1v) is 11.2. The molecule has 0 aliphatic heterocycles. The minimum atomic E-state index is -0.372. The maximum atomic E-state index is 11.3. The largest absolute Gasteiger partial charge is 0.393 e. The standard InChI is InChI=1S/C25H34NO2/c1-3-25-12-10-19-23(20(25)7-8-22(25)26-13-5-4-6-14-26)21(28)16-17-15-18(27)9-11-24(17,19)2/h4-6,8,13-14,16,18-21,23,27-28H,3,7,9-12,15H2,1-2H3/q+1. The summed E-state index contributed by atoms with van der Waals surface area (Å²) in [5, 5.41) is 21.5. The van der Waals surface area contributed by atoms with Crippen molar-refractivity contribution in [3.05, 3.63) is 48.3 Å². The number of nitrogens with zero attached hydrogens (tertiary/aromatic N) is 1. The van der Waals surface area contributed by atoms with Gasteiger partial charge in [-0.2, -0.15) is 4.57 Å². The molecule has 4 aliphatic rings. The lowest BCUT2D eigenvalue weighted by molar-refractivity contribution is -0.590. The third-order valence-electron chi connectivity index (χ3n) is 9.01. The van der Waals surface area contributed by atoms with Crippen LogP contribution >= 0.6 is 0 Å². The highest BCUT2D eigenvalue weighted by molar-refractivity contribution is 5.49. The van der Waals surface area contributed by atoms with Crippen LogP contribution in [0.5, 0.6) is 0 Å². The predicted molar refractivity (Wildman–Crippen MR) is 110 cm³/mol. The molecule has 2 N–H and O–H groups in total. The highest BCUT2D eigenvalue weighted by atomic mass is 16.3. The quantitative estimate of drug-likeness (QED) is 0.599. The van der Waals surface area contributed by atoms with E-state index in [9.17, 15) is 10.2 Å². The van der Waals surface area contributed by atoms with Gasteiger partial charge in [0.15, 0.2) is 18.1 Å². The van der Waals surface area contributed by atoms with Crippen LogP contribution in [0.1, 0.15) is 58.8 Å². The third-order valence-corrected chi connectivity index (χ3v) is 9.01.